The summed E-state index contributed by atoms with van der Waals surface area (Å²) in [4.78, 5) is 0. The van der Waals surface area contributed by atoms with Gasteiger partial charge in [0.25, 0.3) is 0 Å². The van der Waals surface area contributed by atoms with E-state index < -0.39 is 0 Å². The quantitative estimate of drug-likeness (QED) is 0.252. The molecule has 4 heteroatoms. The fourth-order valence-corrected chi connectivity index (χ4v) is 6.08. The van der Waals surface area contributed by atoms with Gasteiger partial charge in [-0.1, -0.05) is 97.1 Å². The highest BCUT2D eigenvalue weighted by molar-refractivity contribution is 7.26. The minimum Gasteiger partial charge on any atom is -0.416 e. The Morgan fingerprint density at radius 3 is 1.81 bits per heavy atom. The highest BCUT2D eigenvalue weighted by Gasteiger charge is 2.18. The van der Waals surface area contributed by atoms with E-state index in [1.54, 1.807) is 0 Å². The minimum atomic E-state index is 0.513. The molecule has 0 saturated carbocycles. The van der Waals surface area contributed by atoms with Gasteiger partial charge >= 0.3 is 0 Å². The third-order valence-electron chi connectivity index (χ3n) is 6.51. The summed E-state index contributed by atoms with van der Waals surface area (Å²) in [6, 6.07) is 41.9. The monoisotopic (exact) mass is 480 g/mol. The zero-order valence-corrected chi connectivity index (χ0v) is 20.1. The lowest BCUT2D eigenvalue weighted by Gasteiger charge is -2.13. The Morgan fingerprint density at radius 2 is 1.00 bits per heavy atom. The lowest BCUT2D eigenvalue weighted by Crippen LogP contribution is -1.89. The SMILES string of the molecule is c1ccc(-c2nnc(-c3ccccc3-c3ccccc3-c3cccc4c3sc3ccccc34)o2)cc1. The predicted molar refractivity (Wildman–Crippen MR) is 149 cm³/mol. The molecule has 0 saturated heterocycles. The second kappa shape index (κ2) is 8.59. The van der Waals surface area contributed by atoms with Crippen molar-refractivity contribution in [2.24, 2.45) is 0 Å². The number of hydrogen-bond acceptors (Lipinski definition) is 4. The van der Waals surface area contributed by atoms with Crippen molar-refractivity contribution in [2.75, 3.05) is 0 Å². The van der Waals surface area contributed by atoms with Crippen molar-refractivity contribution >= 4 is 31.5 Å². The third kappa shape index (κ3) is 3.43. The topological polar surface area (TPSA) is 38.9 Å². The second-order valence-corrected chi connectivity index (χ2v) is 9.70. The average molecular weight is 481 g/mol. The van der Waals surface area contributed by atoms with Crippen LogP contribution in [0.25, 0.3) is 65.3 Å². The van der Waals surface area contributed by atoms with Crippen molar-refractivity contribution < 1.29 is 4.42 Å². The Morgan fingerprint density at radius 1 is 0.444 bits per heavy atom. The van der Waals surface area contributed by atoms with Crippen LogP contribution in [0.4, 0.5) is 0 Å². The van der Waals surface area contributed by atoms with Gasteiger partial charge in [-0.15, -0.1) is 21.5 Å². The average Bonchev–Trinajstić information content (AvgIpc) is 3.59. The number of aromatic nitrogens is 2. The summed E-state index contributed by atoms with van der Waals surface area (Å²) >= 11 is 1.85. The summed E-state index contributed by atoms with van der Waals surface area (Å²) in [5.41, 5.74) is 6.44. The van der Waals surface area contributed by atoms with Crippen LogP contribution in [0.2, 0.25) is 0 Å². The van der Waals surface area contributed by atoms with E-state index in [0.29, 0.717) is 11.8 Å². The molecule has 0 N–H and O–H groups in total. The Labute approximate surface area is 212 Å². The van der Waals surface area contributed by atoms with Crippen molar-refractivity contribution in [1.82, 2.24) is 10.2 Å². The fourth-order valence-electron chi connectivity index (χ4n) is 4.85. The molecule has 0 radical (unpaired) electrons. The van der Waals surface area contributed by atoms with Gasteiger partial charge in [0.2, 0.25) is 11.8 Å². The normalized spacial score (nSPS) is 11.3. The number of nitrogens with zero attached hydrogens (tertiary/aromatic N) is 2. The smallest absolute Gasteiger partial charge is 0.248 e. The Hall–Kier alpha value is -4.54. The largest absolute Gasteiger partial charge is 0.416 e. The molecule has 0 fully saturated rings. The number of rotatable bonds is 4. The Balaban J connectivity index is 1.41. The molecule has 7 aromatic rings. The molecule has 3 nitrogen and oxygen atoms in total. The standard InChI is InChI=1S/C32H20N2OS/c1-2-11-21(12-3-1)31-33-34-32(35-31)28-17-7-6-15-24(28)22-13-4-5-14-23(22)26-18-10-19-27-25-16-8-9-20-29(25)36-30(26)27/h1-20H. The number of thiophene rings is 1. The van der Waals surface area contributed by atoms with Gasteiger partial charge in [-0.25, -0.2) is 0 Å². The molecule has 2 aromatic heterocycles. The van der Waals surface area contributed by atoms with E-state index in [9.17, 15) is 0 Å². The molecular weight excluding hydrogens is 460 g/mol. The van der Waals surface area contributed by atoms with Crippen LogP contribution in [0.1, 0.15) is 0 Å². The zero-order valence-electron chi connectivity index (χ0n) is 19.3. The molecule has 0 aliphatic rings. The molecule has 0 bridgehead atoms. The maximum Gasteiger partial charge on any atom is 0.248 e. The van der Waals surface area contributed by atoms with E-state index >= 15 is 0 Å². The second-order valence-electron chi connectivity index (χ2n) is 8.65. The summed E-state index contributed by atoms with van der Waals surface area (Å²) in [5, 5.41) is 11.3. The van der Waals surface area contributed by atoms with Crippen LogP contribution in [-0.4, -0.2) is 10.2 Å². The van der Waals surface area contributed by atoms with Gasteiger partial charge in [0, 0.05) is 36.9 Å². The molecule has 0 amide bonds. The first kappa shape index (κ1) is 20.8. The van der Waals surface area contributed by atoms with Crippen molar-refractivity contribution in [3.8, 4) is 45.2 Å². The summed E-state index contributed by atoms with van der Waals surface area (Å²) in [5.74, 6) is 1.03. The summed E-state index contributed by atoms with van der Waals surface area (Å²) in [6.45, 7) is 0. The number of benzene rings is 5. The van der Waals surface area contributed by atoms with Gasteiger partial charge < -0.3 is 4.42 Å². The van der Waals surface area contributed by atoms with Crippen LogP contribution in [0.5, 0.6) is 0 Å². The maximum atomic E-state index is 6.15. The van der Waals surface area contributed by atoms with Gasteiger partial charge in [-0.2, -0.15) is 0 Å². The molecule has 170 valence electrons. The maximum absolute atomic E-state index is 6.15. The van der Waals surface area contributed by atoms with Crippen LogP contribution in [0.15, 0.2) is 126 Å². The predicted octanol–water partition coefficient (Wildman–Crippen LogP) is 9.11. The molecule has 0 atom stereocenters. The van der Waals surface area contributed by atoms with E-state index in [2.05, 4.69) is 95.1 Å². The van der Waals surface area contributed by atoms with Crippen LogP contribution in [0, 0.1) is 0 Å². The molecule has 0 spiro atoms. The number of hydrogen-bond donors (Lipinski definition) is 0. The first-order valence-electron chi connectivity index (χ1n) is 11.9. The summed E-state index contributed by atoms with van der Waals surface area (Å²) in [7, 11) is 0. The molecule has 0 aliphatic heterocycles. The van der Waals surface area contributed by atoms with Gasteiger partial charge in [0.05, 0.1) is 0 Å². The third-order valence-corrected chi connectivity index (χ3v) is 7.73. The molecule has 2 heterocycles. The lowest BCUT2D eigenvalue weighted by molar-refractivity contribution is 0.585. The van der Waals surface area contributed by atoms with Crippen LogP contribution in [-0.2, 0) is 0 Å². The van der Waals surface area contributed by atoms with E-state index in [0.717, 1.165) is 22.3 Å². The highest BCUT2D eigenvalue weighted by Crippen LogP contribution is 2.44. The molecule has 7 rings (SSSR count). The van der Waals surface area contributed by atoms with E-state index in [1.165, 1.54) is 31.3 Å². The van der Waals surface area contributed by atoms with Crippen molar-refractivity contribution in [1.29, 1.82) is 0 Å². The van der Waals surface area contributed by atoms with Crippen molar-refractivity contribution in [3.63, 3.8) is 0 Å². The Bertz CT molecular complexity index is 1850. The fraction of sp³-hybridized carbons (Fsp3) is 0. The lowest BCUT2D eigenvalue weighted by atomic mass is 9.91. The summed E-state index contributed by atoms with van der Waals surface area (Å²) < 4.78 is 8.76. The first-order valence-corrected chi connectivity index (χ1v) is 12.7. The van der Waals surface area contributed by atoms with E-state index in [1.807, 2.05) is 47.7 Å². The van der Waals surface area contributed by atoms with Gasteiger partial charge in [-0.05, 0) is 41.0 Å². The van der Waals surface area contributed by atoms with E-state index in [4.69, 9.17) is 4.42 Å². The van der Waals surface area contributed by atoms with Gasteiger partial charge in [0.1, 0.15) is 0 Å². The van der Waals surface area contributed by atoms with Crippen LogP contribution in [0.3, 0.4) is 0 Å². The summed E-state index contributed by atoms with van der Waals surface area (Å²) in [6.07, 6.45) is 0. The molecular formula is C32H20N2OS. The number of fused-ring (bicyclic) bond motifs is 3. The molecule has 0 unspecified atom stereocenters. The van der Waals surface area contributed by atoms with Crippen molar-refractivity contribution in [3.05, 3.63) is 121 Å². The van der Waals surface area contributed by atoms with Gasteiger partial charge in [0.15, 0.2) is 0 Å². The Kier molecular flexibility index (Phi) is 4.97. The van der Waals surface area contributed by atoms with Crippen molar-refractivity contribution in [2.45, 2.75) is 0 Å². The minimum absolute atomic E-state index is 0.513. The molecule has 5 aromatic carbocycles. The van der Waals surface area contributed by atoms with Crippen LogP contribution < -0.4 is 0 Å². The molecule has 0 aliphatic carbocycles. The van der Waals surface area contributed by atoms with Crippen LogP contribution >= 0.6 is 11.3 Å². The highest BCUT2D eigenvalue weighted by atomic mass is 32.1. The first-order chi connectivity index (χ1) is 17.9. The van der Waals surface area contributed by atoms with E-state index in [-0.39, 0.29) is 0 Å². The molecule has 36 heavy (non-hydrogen) atoms. The van der Waals surface area contributed by atoms with Gasteiger partial charge in [-0.3, -0.25) is 0 Å². The zero-order chi connectivity index (χ0) is 23.9.